The van der Waals surface area contributed by atoms with Crippen LogP contribution < -0.4 is 4.72 Å². The minimum Gasteiger partial charge on any atom is -0.460 e. The number of carbonyl (C=O) groups is 1. The lowest BCUT2D eigenvalue weighted by Gasteiger charge is -2.19. The molecule has 0 radical (unpaired) electrons. The Hall–Kier alpha value is -0.620. The van der Waals surface area contributed by atoms with Crippen LogP contribution in [0.4, 0.5) is 0 Å². The SMILES string of the molecule is CC(C)(C)OC(=O)CCNS(C)(=O)=O. The molecule has 0 unspecified atom stereocenters. The van der Waals surface area contributed by atoms with Crippen molar-refractivity contribution in [3.8, 4) is 0 Å². The molecular weight excluding hydrogens is 206 g/mol. The third-order valence-corrected chi connectivity index (χ3v) is 1.84. The summed E-state index contributed by atoms with van der Waals surface area (Å²) in [4.78, 5) is 11.1. The van der Waals surface area contributed by atoms with Crippen LogP contribution in [-0.4, -0.2) is 32.8 Å². The second-order valence-electron chi connectivity index (χ2n) is 4.00. The van der Waals surface area contributed by atoms with E-state index < -0.39 is 21.6 Å². The maximum Gasteiger partial charge on any atom is 0.307 e. The summed E-state index contributed by atoms with van der Waals surface area (Å²) in [7, 11) is -3.22. The molecule has 0 fully saturated rings. The van der Waals surface area contributed by atoms with Gasteiger partial charge in [0.25, 0.3) is 0 Å². The van der Waals surface area contributed by atoms with Crippen LogP contribution in [0, 0.1) is 0 Å². The maximum atomic E-state index is 11.1. The molecule has 84 valence electrons. The second-order valence-corrected chi connectivity index (χ2v) is 5.84. The van der Waals surface area contributed by atoms with Crippen molar-refractivity contribution in [3.05, 3.63) is 0 Å². The van der Waals surface area contributed by atoms with Crippen LogP contribution in [0.5, 0.6) is 0 Å². The standard InChI is InChI=1S/C8H17NO4S/c1-8(2,3)13-7(10)5-6-9-14(4,11)12/h9H,5-6H2,1-4H3. The molecule has 14 heavy (non-hydrogen) atoms. The van der Waals surface area contributed by atoms with Crippen LogP contribution in [0.1, 0.15) is 27.2 Å². The van der Waals surface area contributed by atoms with Gasteiger partial charge in [0, 0.05) is 6.54 Å². The highest BCUT2D eigenvalue weighted by Crippen LogP contribution is 2.07. The Bertz CT molecular complexity index is 289. The summed E-state index contributed by atoms with van der Waals surface area (Å²) < 4.78 is 28.5. The van der Waals surface area contributed by atoms with Gasteiger partial charge in [0.05, 0.1) is 12.7 Å². The molecule has 5 nitrogen and oxygen atoms in total. The first-order valence-electron chi connectivity index (χ1n) is 4.27. The quantitative estimate of drug-likeness (QED) is 0.694. The molecule has 0 atom stereocenters. The van der Waals surface area contributed by atoms with Crippen molar-refractivity contribution in [1.29, 1.82) is 0 Å². The van der Waals surface area contributed by atoms with Gasteiger partial charge in [-0.05, 0) is 20.8 Å². The minimum atomic E-state index is -3.22. The van der Waals surface area contributed by atoms with Gasteiger partial charge in [0.1, 0.15) is 5.60 Å². The summed E-state index contributed by atoms with van der Waals surface area (Å²) in [6, 6.07) is 0. The maximum absolute atomic E-state index is 11.1. The smallest absolute Gasteiger partial charge is 0.307 e. The van der Waals surface area contributed by atoms with E-state index in [1.165, 1.54) is 0 Å². The number of esters is 1. The lowest BCUT2D eigenvalue weighted by atomic mass is 10.2. The summed E-state index contributed by atoms with van der Waals surface area (Å²) >= 11 is 0. The summed E-state index contributed by atoms with van der Waals surface area (Å²) in [6.07, 6.45) is 1.09. The normalized spacial score (nSPS) is 12.6. The number of ether oxygens (including phenoxy) is 1. The van der Waals surface area contributed by atoms with Gasteiger partial charge in [-0.1, -0.05) is 0 Å². The summed E-state index contributed by atoms with van der Waals surface area (Å²) in [5.41, 5.74) is -0.526. The van der Waals surface area contributed by atoms with Crippen molar-refractivity contribution < 1.29 is 17.9 Å². The van der Waals surface area contributed by atoms with Crippen LogP contribution in [0.25, 0.3) is 0 Å². The van der Waals surface area contributed by atoms with Gasteiger partial charge in [-0.25, -0.2) is 13.1 Å². The average molecular weight is 223 g/mol. The Morgan fingerprint density at radius 3 is 2.21 bits per heavy atom. The predicted octanol–water partition coefficient (Wildman–Crippen LogP) is 0.267. The Balaban J connectivity index is 3.77. The number of nitrogens with one attached hydrogen (secondary N) is 1. The summed E-state index contributed by atoms with van der Waals surface area (Å²) in [6.45, 7) is 5.35. The molecule has 0 saturated heterocycles. The molecule has 0 bridgehead atoms. The summed E-state index contributed by atoms with van der Waals surface area (Å²) in [5.74, 6) is -0.409. The molecule has 0 aliphatic rings. The minimum absolute atomic E-state index is 0.0460. The Kier molecular flexibility index (Phi) is 4.54. The zero-order valence-corrected chi connectivity index (χ0v) is 9.77. The van der Waals surface area contributed by atoms with Crippen molar-refractivity contribution in [2.24, 2.45) is 0 Å². The lowest BCUT2D eigenvalue weighted by molar-refractivity contribution is -0.154. The van der Waals surface area contributed by atoms with Crippen molar-refractivity contribution >= 4 is 16.0 Å². The van der Waals surface area contributed by atoms with E-state index in [1.54, 1.807) is 20.8 Å². The van der Waals surface area contributed by atoms with Crippen molar-refractivity contribution in [2.75, 3.05) is 12.8 Å². The first kappa shape index (κ1) is 13.4. The molecule has 0 rings (SSSR count). The van der Waals surface area contributed by atoms with E-state index in [4.69, 9.17) is 4.74 Å². The van der Waals surface area contributed by atoms with Gasteiger partial charge >= 0.3 is 5.97 Å². The Morgan fingerprint density at radius 1 is 1.36 bits per heavy atom. The molecule has 0 heterocycles. The molecule has 0 spiro atoms. The molecule has 0 aromatic heterocycles. The van der Waals surface area contributed by atoms with E-state index in [9.17, 15) is 13.2 Å². The third kappa shape index (κ3) is 9.47. The monoisotopic (exact) mass is 223 g/mol. The molecule has 0 aromatic rings. The lowest BCUT2D eigenvalue weighted by Crippen LogP contribution is -2.28. The highest BCUT2D eigenvalue weighted by molar-refractivity contribution is 7.88. The number of carbonyl (C=O) groups excluding carboxylic acids is 1. The predicted molar refractivity (Wildman–Crippen MR) is 53.3 cm³/mol. The van der Waals surface area contributed by atoms with Crippen LogP contribution in [0.15, 0.2) is 0 Å². The first-order chi connectivity index (χ1) is 6.10. The van der Waals surface area contributed by atoms with Crippen molar-refractivity contribution in [3.63, 3.8) is 0 Å². The van der Waals surface area contributed by atoms with E-state index >= 15 is 0 Å². The molecule has 0 amide bonds. The van der Waals surface area contributed by atoms with Gasteiger partial charge < -0.3 is 4.74 Å². The molecular formula is C8H17NO4S. The Morgan fingerprint density at radius 2 is 1.86 bits per heavy atom. The highest BCUT2D eigenvalue weighted by Gasteiger charge is 2.15. The van der Waals surface area contributed by atoms with Crippen LogP contribution in [0.3, 0.4) is 0 Å². The molecule has 6 heteroatoms. The van der Waals surface area contributed by atoms with E-state index in [0.29, 0.717) is 0 Å². The van der Waals surface area contributed by atoms with E-state index in [-0.39, 0.29) is 13.0 Å². The van der Waals surface area contributed by atoms with Crippen LogP contribution in [0.2, 0.25) is 0 Å². The average Bonchev–Trinajstić information content (AvgIpc) is 1.78. The van der Waals surface area contributed by atoms with Gasteiger partial charge in [0.15, 0.2) is 0 Å². The summed E-state index contributed by atoms with van der Waals surface area (Å²) in [5, 5.41) is 0. The zero-order chi connectivity index (χ0) is 11.4. The van der Waals surface area contributed by atoms with Gasteiger partial charge in [-0.3, -0.25) is 4.79 Å². The second kappa shape index (κ2) is 4.75. The number of rotatable bonds is 4. The van der Waals surface area contributed by atoms with Gasteiger partial charge in [-0.2, -0.15) is 0 Å². The van der Waals surface area contributed by atoms with E-state index in [0.717, 1.165) is 6.26 Å². The fourth-order valence-corrected chi connectivity index (χ4v) is 1.20. The van der Waals surface area contributed by atoms with Crippen molar-refractivity contribution in [2.45, 2.75) is 32.8 Å². The van der Waals surface area contributed by atoms with Gasteiger partial charge in [-0.15, -0.1) is 0 Å². The number of sulfonamides is 1. The van der Waals surface area contributed by atoms with E-state index in [1.807, 2.05) is 0 Å². The third-order valence-electron chi connectivity index (χ3n) is 1.11. The molecule has 0 saturated carbocycles. The number of hydrogen-bond acceptors (Lipinski definition) is 4. The van der Waals surface area contributed by atoms with Crippen LogP contribution in [-0.2, 0) is 19.6 Å². The number of hydrogen-bond donors (Lipinski definition) is 1. The zero-order valence-electron chi connectivity index (χ0n) is 8.96. The molecule has 0 aliphatic carbocycles. The molecule has 0 aliphatic heterocycles. The molecule has 0 aromatic carbocycles. The molecule has 1 N–H and O–H groups in total. The topological polar surface area (TPSA) is 72.5 Å². The fourth-order valence-electron chi connectivity index (χ4n) is 0.731. The Labute approximate surface area is 84.9 Å². The van der Waals surface area contributed by atoms with Gasteiger partial charge in [0.2, 0.25) is 10.0 Å². The largest absolute Gasteiger partial charge is 0.460 e. The van der Waals surface area contributed by atoms with Crippen molar-refractivity contribution in [1.82, 2.24) is 4.72 Å². The van der Waals surface area contributed by atoms with Crippen LogP contribution >= 0.6 is 0 Å². The van der Waals surface area contributed by atoms with E-state index in [2.05, 4.69) is 4.72 Å². The first-order valence-corrected chi connectivity index (χ1v) is 6.16. The fraction of sp³-hybridized carbons (Fsp3) is 0.875. The highest BCUT2D eigenvalue weighted by atomic mass is 32.2.